The minimum absolute atomic E-state index is 0.326. The van der Waals surface area contributed by atoms with Crippen molar-refractivity contribution in [1.82, 2.24) is 0 Å². The van der Waals surface area contributed by atoms with Gasteiger partial charge in [0.1, 0.15) is 4.87 Å². The number of carbonyl (C=O) groups excluding carboxylic acids is 1. The first-order valence-corrected chi connectivity index (χ1v) is 5.83. The van der Waals surface area contributed by atoms with Crippen LogP contribution in [-0.2, 0) is 4.79 Å². The lowest BCUT2D eigenvalue weighted by Crippen LogP contribution is -2.41. The van der Waals surface area contributed by atoms with E-state index in [9.17, 15) is 4.79 Å². The molecule has 1 unspecified atom stereocenters. The van der Waals surface area contributed by atoms with E-state index in [0.717, 1.165) is 25.7 Å². The van der Waals surface area contributed by atoms with Crippen LogP contribution in [0.1, 0.15) is 51.4 Å². The lowest BCUT2D eigenvalue weighted by atomic mass is 9.77. The van der Waals surface area contributed by atoms with E-state index in [1.807, 2.05) is 0 Å². The Morgan fingerprint density at radius 2 is 1.85 bits per heavy atom. The summed E-state index contributed by atoms with van der Waals surface area (Å²) in [5, 5.41) is 0. The monoisotopic (exact) mass is 200 g/mol. The zero-order chi connectivity index (χ0) is 9.31. The Kier molecular flexibility index (Phi) is 2.64. The molecule has 2 aliphatic carbocycles. The summed E-state index contributed by atoms with van der Waals surface area (Å²) in [5.74, 6) is 0.814. The van der Waals surface area contributed by atoms with E-state index in [1.165, 1.54) is 25.7 Å². The number of ketones is 1. The normalized spacial score (nSPS) is 36.8. The molecule has 1 nitrogen and oxygen atoms in total. The summed E-state index contributed by atoms with van der Waals surface area (Å²) in [6.45, 7) is 0. The molecule has 0 N–H and O–H groups in total. The van der Waals surface area contributed by atoms with Gasteiger partial charge in [0.15, 0.2) is 5.78 Å². The minimum atomic E-state index is -0.450. The molecule has 0 aromatic rings. The fourth-order valence-corrected chi connectivity index (χ4v) is 3.28. The van der Waals surface area contributed by atoms with Crippen LogP contribution >= 0.6 is 11.6 Å². The fraction of sp³-hybridized carbons (Fsp3) is 0.909. The Bertz CT molecular complexity index is 208. The van der Waals surface area contributed by atoms with Gasteiger partial charge >= 0.3 is 0 Å². The van der Waals surface area contributed by atoms with Crippen molar-refractivity contribution in [2.24, 2.45) is 5.92 Å². The highest BCUT2D eigenvalue weighted by Gasteiger charge is 2.45. The highest BCUT2D eigenvalue weighted by atomic mass is 35.5. The summed E-state index contributed by atoms with van der Waals surface area (Å²) < 4.78 is 0. The van der Waals surface area contributed by atoms with E-state index < -0.39 is 4.87 Å². The van der Waals surface area contributed by atoms with Gasteiger partial charge < -0.3 is 0 Å². The molecule has 74 valence electrons. The second-order valence-electron chi connectivity index (χ2n) is 4.47. The zero-order valence-electron chi connectivity index (χ0n) is 8.02. The molecular weight excluding hydrogens is 184 g/mol. The largest absolute Gasteiger partial charge is 0.298 e. The van der Waals surface area contributed by atoms with E-state index in [0.29, 0.717) is 11.7 Å². The van der Waals surface area contributed by atoms with Gasteiger partial charge in [-0.2, -0.15) is 0 Å². The molecule has 0 amide bonds. The Hall–Kier alpha value is -0.0400. The number of carbonyl (C=O) groups is 1. The summed E-state index contributed by atoms with van der Waals surface area (Å²) in [4.78, 5) is 11.3. The van der Waals surface area contributed by atoms with Crippen molar-refractivity contribution >= 4 is 17.4 Å². The molecular formula is C11H17ClO. The average molecular weight is 201 g/mol. The molecule has 0 aliphatic heterocycles. The Balaban J connectivity index is 2.11. The predicted octanol–water partition coefficient (Wildman–Crippen LogP) is 3.30. The second-order valence-corrected chi connectivity index (χ2v) is 5.15. The highest BCUT2D eigenvalue weighted by Crippen LogP contribution is 2.45. The van der Waals surface area contributed by atoms with Crippen LogP contribution in [0.3, 0.4) is 0 Å². The van der Waals surface area contributed by atoms with Crippen LogP contribution in [0.15, 0.2) is 0 Å². The molecule has 0 saturated heterocycles. The van der Waals surface area contributed by atoms with Gasteiger partial charge in [0.25, 0.3) is 0 Å². The van der Waals surface area contributed by atoms with E-state index in [2.05, 4.69) is 0 Å². The van der Waals surface area contributed by atoms with Crippen molar-refractivity contribution in [3.8, 4) is 0 Å². The number of hydrogen-bond donors (Lipinski definition) is 0. The molecule has 2 saturated carbocycles. The van der Waals surface area contributed by atoms with E-state index in [4.69, 9.17) is 11.6 Å². The van der Waals surface area contributed by atoms with Gasteiger partial charge in [-0.1, -0.05) is 19.3 Å². The summed E-state index contributed by atoms with van der Waals surface area (Å²) >= 11 is 6.48. The van der Waals surface area contributed by atoms with Crippen LogP contribution in [-0.4, -0.2) is 10.7 Å². The van der Waals surface area contributed by atoms with Crippen molar-refractivity contribution in [2.45, 2.75) is 56.2 Å². The van der Waals surface area contributed by atoms with Crippen LogP contribution < -0.4 is 0 Å². The smallest absolute Gasteiger partial charge is 0.154 e. The maximum atomic E-state index is 11.8. The van der Waals surface area contributed by atoms with Gasteiger partial charge in [-0.3, -0.25) is 4.79 Å². The summed E-state index contributed by atoms with van der Waals surface area (Å²) in [6.07, 6.45) is 8.74. The average Bonchev–Trinajstić information content (AvgIpc) is 2.63. The van der Waals surface area contributed by atoms with E-state index >= 15 is 0 Å². The molecule has 2 heteroatoms. The predicted molar refractivity (Wildman–Crippen MR) is 54.0 cm³/mol. The van der Waals surface area contributed by atoms with Crippen LogP contribution in [0, 0.1) is 5.92 Å². The number of halogens is 1. The molecule has 2 rings (SSSR count). The first-order chi connectivity index (χ1) is 6.23. The fourth-order valence-electron chi connectivity index (χ4n) is 2.83. The summed E-state index contributed by atoms with van der Waals surface area (Å²) in [7, 11) is 0. The van der Waals surface area contributed by atoms with E-state index in [-0.39, 0.29) is 0 Å². The molecule has 2 fully saturated rings. The van der Waals surface area contributed by atoms with Gasteiger partial charge in [0, 0.05) is 6.42 Å². The molecule has 0 bridgehead atoms. The number of Topliss-reactive ketones (excluding diaryl/α,β-unsaturated/α-hetero) is 1. The first-order valence-electron chi connectivity index (χ1n) is 5.46. The molecule has 0 heterocycles. The number of rotatable bonds is 1. The van der Waals surface area contributed by atoms with Crippen molar-refractivity contribution < 1.29 is 4.79 Å². The molecule has 0 aromatic carbocycles. The Morgan fingerprint density at radius 1 is 1.15 bits per heavy atom. The molecule has 1 atom stereocenters. The van der Waals surface area contributed by atoms with Crippen molar-refractivity contribution in [2.75, 3.05) is 0 Å². The van der Waals surface area contributed by atoms with Crippen LogP contribution in [0.4, 0.5) is 0 Å². The van der Waals surface area contributed by atoms with Gasteiger partial charge in [0.2, 0.25) is 0 Å². The Morgan fingerprint density at radius 3 is 2.46 bits per heavy atom. The van der Waals surface area contributed by atoms with Gasteiger partial charge in [-0.25, -0.2) is 0 Å². The molecule has 0 aromatic heterocycles. The van der Waals surface area contributed by atoms with Crippen molar-refractivity contribution in [3.05, 3.63) is 0 Å². The van der Waals surface area contributed by atoms with Crippen molar-refractivity contribution in [1.29, 1.82) is 0 Å². The minimum Gasteiger partial charge on any atom is -0.298 e. The van der Waals surface area contributed by atoms with Crippen LogP contribution in [0.2, 0.25) is 0 Å². The lowest BCUT2D eigenvalue weighted by Gasteiger charge is -2.34. The van der Waals surface area contributed by atoms with Gasteiger partial charge in [-0.05, 0) is 31.6 Å². The van der Waals surface area contributed by atoms with Gasteiger partial charge in [-0.15, -0.1) is 11.6 Å². The second kappa shape index (κ2) is 3.61. The molecule has 13 heavy (non-hydrogen) atoms. The molecule has 0 radical (unpaired) electrons. The highest BCUT2D eigenvalue weighted by molar-refractivity contribution is 6.35. The molecule has 2 aliphatic rings. The summed E-state index contributed by atoms with van der Waals surface area (Å²) in [6, 6.07) is 0. The summed E-state index contributed by atoms with van der Waals surface area (Å²) in [5.41, 5.74) is 0. The third kappa shape index (κ3) is 1.63. The Labute approximate surface area is 84.8 Å². The molecule has 0 spiro atoms. The maximum Gasteiger partial charge on any atom is 0.154 e. The first kappa shape index (κ1) is 9.51. The number of alkyl halides is 1. The van der Waals surface area contributed by atoms with Crippen molar-refractivity contribution in [3.63, 3.8) is 0 Å². The standard InChI is InChI=1S/C11H17ClO/c12-11(9-5-1-2-6-9)8-4-3-7-10(11)13/h9H,1-8H2. The lowest BCUT2D eigenvalue weighted by molar-refractivity contribution is -0.124. The topological polar surface area (TPSA) is 17.1 Å². The van der Waals surface area contributed by atoms with Crippen LogP contribution in [0.5, 0.6) is 0 Å². The zero-order valence-corrected chi connectivity index (χ0v) is 8.78. The van der Waals surface area contributed by atoms with Gasteiger partial charge in [0.05, 0.1) is 0 Å². The number of hydrogen-bond acceptors (Lipinski definition) is 1. The SMILES string of the molecule is O=C1CCCCC1(Cl)C1CCCC1. The third-order valence-corrected chi connectivity index (χ3v) is 4.37. The third-order valence-electron chi connectivity index (χ3n) is 3.66. The van der Waals surface area contributed by atoms with Crippen LogP contribution in [0.25, 0.3) is 0 Å². The maximum absolute atomic E-state index is 11.8. The van der Waals surface area contributed by atoms with E-state index in [1.54, 1.807) is 0 Å². The quantitative estimate of drug-likeness (QED) is 0.594.